The molecule has 0 bridgehead atoms. The van der Waals surface area contributed by atoms with Gasteiger partial charge in [-0.25, -0.2) is 10.2 Å². The summed E-state index contributed by atoms with van der Waals surface area (Å²) in [6.07, 6.45) is 2.02. The number of rotatable bonds is 31. The highest BCUT2D eigenvalue weighted by Gasteiger charge is 2.44. The summed E-state index contributed by atoms with van der Waals surface area (Å²) in [6, 6.07) is 13.8. The molecule has 79 heavy (non-hydrogen) atoms. The van der Waals surface area contributed by atoms with Crippen molar-refractivity contribution in [2.75, 3.05) is 48.5 Å². The maximum absolute atomic E-state index is 14.5. The zero-order valence-corrected chi connectivity index (χ0v) is 50.3. The van der Waals surface area contributed by atoms with E-state index in [2.05, 4.69) is 28.5 Å². The molecule has 2 aromatic carbocycles. The van der Waals surface area contributed by atoms with Crippen LogP contribution in [0.3, 0.4) is 0 Å². The van der Waals surface area contributed by atoms with E-state index in [1.807, 2.05) is 90.9 Å². The molecule has 19 heteroatoms. The normalized spacial score (nSPS) is 19.4. The highest BCUT2D eigenvalue weighted by molar-refractivity contribution is 7.81. The second-order valence-corrected chi connectivity index (χ2v) is 23.1. The molecule has 6 amide bonds. The molecular formula is C60H91N7O11S. The molecule has 1 unspecified atom stereocenters. The maximum atomic E-state index is 14.5. The minimum atomic E-state index is -0.889. The molecule has 0 aliphatic carbocycles. The fourth-order valence-electron chi connectivity index (χ4n) is 11.2. The molecule has 2 saturated heterocycles. The molecule has 0 radical (unpaired) electrons. The summed E-state index contributed by atoms with van der Waals surface area (Å²) < 4.78 is 18.3. The van der Waals surface area contributed by atoms with E-state index in [0.29, 0.717) is 62.0 Å². The van der Waals surface area contributed by atoms with Gasteiger partial charge in [0.05, 0.1) is 65.2 Å². The fourth-order valence-corrected chi connectivity index (χ4v) is 11.5. The number of carbonyl (C=O) groups excluding carboxylic acids is 8. The number of hydrogen-bond donors (Lipinski definition) is 3. The lowest BCUT2D eigenvalue weighted by molar-refractivity contribution is -0.149. The summed E-state index contributed by atoms with van der Waals surface area (Å²) in [5.74, 6) is -3.41. The summed E-state index contributed by atoms with van der Waals surface area (Å²) >= 11 is 4.15. The molecule has 2 N–H and O–H groups in total. The number of ketones is 1. The minimum absolute atomic E-state index is 0.00986. The summed E-state index contributed by atoms with van der Waals surface area (Å²) in [5, 5.41) is 6.74. The second kappa shape index (κ2) is 31.5. The minimum Gasteiger partial charge on any atom is -0.452 e. The van der Waals surface area contributed by atoms with Gasteiger partial charge in [0.15, 0.2) is 5.78 Å². The molecular weight excluding hydrogens is 1030 g/mol. The molecule has 2 fully saturated rings. The van der Waals surface area contributed by atoms with E-state index in [1.54, 1.807) is 69.0 Å². The molecule has 2 heterocycles. The van der Waals surface area contributed by atoms with Crippen molar-refractivity contribution in [3.8, 4) is 0 Å². The number of amides is 6. The van der Waals surface area contributed by atoms with Gasteiger partial charge in [-0.05, 0) is 94.6 Å². The molecule has 0 saturated carbocycles. The number of nitrogens with zero attached hydrogens (tertiary/aromatic N) is 5. The topological polar surface area (TPSA) is 214 Å². The lowest BCUT2D eigenvalue weighted by atomic mass is 9.83. The van der Waals surface area contributed by atoms with Crippen molar-refractivity contribution in [1.29, 1.82) is 0 Å². The van der Waals surface area contributed by atoms with Crippen molar-refractivity contribution >= 4 is 65.5 Å². The number of Topliss-reactive ketones (excluding diaryl/α,β-unsaturated/α-hetero) is 1. The molecule has 2 aliphatic heterocycles. The zero-order chi connectivity index (χ0) is 58.8. The van der Waals surface area contributed by atoms with E-state index >= 15 is 0 Å². The molecule has 2 aromatic rings. The van der Waals surface area contributed by atoms with Crippen LogP contribution in [0.15, 0.2) is 59.7 Å². The number of esters is 1. The Bertz CT molecular complexity index is 2390. The summed E-state index contributed by atoms with van der Waals surface area (Å²) in [7, 11) is 8.62. The first-order chi connectivity index (χ1) is 37.4. The quantitative estimate of drug-likeness (QED) is 0.0170. The molecule has 0 aromatic heterocycles. The van der Waals surface area contributed by atoms with E-state index in [4.69, 9.17) is 14.2 Å². The van der Waals surface area contributed by atoms with Gasteiger partial charge in [0.2, 0.25) is 35.4 Å². The molecule has 2 aliphatic rings. The predicted octanol–water partition coefficient (Wildman–Crippen LogP) is 7.29. The Morgan fingerprint density at radius 3 is 2.04 bits per heavy atom. The zero-order valence-electron chi connectivity index (χ0n) is 49.4. The highest BCUT2D eigenvalue weighted by atomic mass is 32.1. The van der Waals surface area contributed by atoms with Crippen LogP contribution in [0.4, 0.5) is 0 Å². The number of carbonyl (C=O) groups is 8. The lowest BCUT2D eigenvalue weighted by Gasteiger charge is -2.41. The number of imide groups is 1. The molecule has 0 spiro atoms. The number of unbranched alkanes of at least 4 members (excludes halogenated alkanes) is 2. The molecule has 18 nitrogen and oxygen atoms in total. The Morgan fingerprint density at radius 1 is 0.835 bits per heavy atom. The SMILES string of the molecule is CC[C@H](C)[C@@H]([C@@H](CC(=O)N1CCC[C@H]1[C@H](OC)[C@@H](C)C(=O)N[C@H](C)[C@@H](OC(=O)c1ccc(/C(C)=N\NC(=O)CCCCCN2C(=O)CC(S)C2=O)cc1)c1ccccc1)OC)N(C)C(=O)[C@@H](CC(=O)[C@H](C(C)C)N(C)C)C(C)C. The third-order valence-corrected chi connectivity index (χ3v) is 16.3. The van der Waals surface area contributed by atoms with Gasteiger partial charge in [-0.15, -0.1) is 0 Å². The number of ether oxygens (including phenoxy) is 3. The van der Waals surface area contributed by atoms with Crippen molar-refractivity contribution in [2.24, 2.45) is 34.7 Å². The number of hydrazone groups is 1. The lowest BCUT2D eigenvalue weighted by Crippen LogP contribution is -2.54. The van der Waals surface area contributed by atoms with Crippen molar-refractivity contribution in [2.45, 2.75) is 174 Å². The Morgan fingerprint density at radius 2 is 1.48 bits per heavy atom. The average molecular weight is 1120 g/mol. The van der Waals surface area contributed by atoms with Crippen LogP contribution < -0.4 is 10.7 Å². The number of benzene rings is 2. The number of nitrogens with one attached hydrogen (secondary N) is 2. The maximum Gasteiger partial charge on any atom is 0.338 e. The van der Waals surface area contributed by atoms with Crippen LogP contribution in [0, 0.1) is 29.6 Å². The van der Waals surface area contributed by atoms with E-state index in [1.165, 1.54) is 12.0 Å². The van der Waals surface area contributed by atoms with Crippen LogP contribution >= 0.6 is 12.6 Å². The number of thiol groups is 1. The van der Waals surface area contributed by atoms with E-state index < -0.39 is 59.5 Å². The summed E-state index contributed by atoms with van der Waals surface area (Å²) in [6.45, 7) is 18.1. The van der Waals surface area contributed by atoms with Gasteiger partial charge in [0, 0.05) is 59.5 Å². The van der Waals surface area contributed by atoms with Gasteiger partial charge >= 0.3 is 5.97 Å². The van der Waals surface area contributed by atoms with Gasteiger partial charge in [0.1, 0.15) is 6.10 Å². The predicted molar refractivity (Wildman–Crippen MR) is 308 cm³/mol. The van der Waals surface area contributed by atoms with Crippen LogP contribution in [-0.4, -0.2) is 163 Å². The van der Waals surface area contributed by atoms with Gasteiger partial charge in [-0.2, -0.15) is 17.7 Å². The highest BCUT2D eigenvalue weighted by Crippen LogP contribution is 2.32. The Kier molecular flexibility index (Phi) is 26.3. The third-order valence-electron chi connectivity index (χ3n) is 15.9. The first-order valence-corrected chi connectivity index (χ1v) is 28.7. The van der Waals surface area contributed by atoms with Crippen LogP contribution in [0.1, 0.15) is 154 Å². The van der Waals surface area contributed by atoms with Crippen molar-refractivity contribution in [1.82, 2.24) is 30.3 Å². The Labute approximate surface area is 475 Å². The van der Waals surface area contributed by atoms with Gasteiger partial charge < -0.3 is 29.3 Å². The fraction of sp³-hybridized carbons (Fsp3) is 0.650. The first-order valence-electron chi connectivity index (χ1n) is 28.2. The largest absolute Gasteiger partial charge is 0.452 e. The molecule has 4 rings (SSSR count). The molecule has 438 valence electrons. The van der Waals surface area contributed by atoms with Crippen LogP contribution in [0.25, 0.3) is 0 Å². The van der Waals surface area contributed by atoms with E-state index in [9.17, 15) is 38.4 Å². The van der Waals surface area contributed by atoms with Crippen LogP contribution in [-0.2, 0) is 47.8 Å². The Hall–Kier alpha value is -5.50. The van der Waals surface area contributed by atoms with Gasteiger partial charge in [-0.3, -0.25) is 43.4 Å². The number of hydrogen-bond acceptors (Lipinski definition) is 14. The smallest absolute Gasteiger partial charge is 0.338 e. The number of methoxy groups -OCH3 is 2. The Balaban J connectivity index is 1.40. The monoisotopic (exact) mass is 1120 g/mol. The standard InChI is InChI=1S/C60H91N7O11S/c1-15-38(6)54(65(12)58(73)45(36(2)3)33-47(68)53(37(4)5)64(10)11)48(76-13)34-51(70)66-32-22-25-46(66)55(77-14)39(7)57(72)61-41(9)56(43-23-18-16-19-24-43)78-60(75)44-29-27-42(28-30-44)40(8)62-63-50(69)26-20-17-21-31-67-52(71)35-49(79)59(67)74/h16,18-19,23-24,27-30,36-39,41,45-46,48-49,53-56,79H,15,17,20-22,25-26,31-35H2,1-14H3,(H,61,72)(H,63,69)/b62-40-/t38-,39+,41+,45-,46-,48+,49?,53-,54-,55+,56+/m0/s1. The first kappa shape index (κ1) is 66.0. The van der Waals surface area contributed by atoms with Gasteiger partial charge in [-0.1, -0.05) is 104 Å². The van der Waals surface area contributed by atoms with Crippen molar-refractivity contribution in [3.05, 3.63) is 71.3 Å². The van der Waals surface area contributed by atoms with Crippen molar-refractivity contribution < 1.29 is 52.6 Å². The number of likely N-dealkylation sites (tertiary alicyclic amines) is 2. The number of likely N-dealkylation sites (N-methyl/N-ethyl adjacent to an activating group) is 2. The second-order valence-electron chi connectivity index (χ2n) is 22.5. The summed E-state index contributed by atoms with van der Waals surface area (Å²) in [4.78, 5) is 114. The molecule has 11 atom stereocenters. The van der Waals surface area contributed by atoms with Crippen LogP contribution in [0.5, 0.6) is 0 Å². The average Bonchev–Trinajstić information content (AvgIpc) is 4.01. The van der Waals surface area contributed by atoms with Gasteiger partial charge in [0.25, 0.3) is 0 Å². The van der Waals surface area contributed by atoms with E-state index in [0.717, 1.165) is 6.42 Å². The third kappa shape index (κ3) is 18.0. The summed E-state index contributed by atoms with van der Waals surface area (Å²) in [5.41, 5.74) is 4.67. The van der Waals surface area contributed by atoms with Crippen LogP contribution in [0.2, 0.25) is 0 Å². The van der Waals surface area contributed by atoms with E-state index in [-0.39, 0.29) is 96.3 Å². The van der Waals surface area contributed by atoms with Crippen molar-refractivity contribution in [3.63, 3.8) is 0 Å².